The van der Waals surface area contributed by atoms with E-state index in [1.54, 1.807) is 0 Å². The van der Waals surface area contributed by atoms with E-state index in [4.69, 9.17) is 0 Å². The van der Waals surface area contributed by atoms with Crippen molar-refractivity contribution >= 4 is 0 Å². The molecule has 4 saturated carbocycles. The Morgan fingerprint density at radius 3 is 2.00 bits per heavy atom. The van der Waals surface area contributed by atoms with Gasteiger partial charge in [-0.2, -0.15) is 0 Å². The summed E-state index contributed by atoms with van der Waals surface area (Å²) in [5.41, 5.74) is 0.876. The first-order chi connectivity index (χ1) is 9.95. The molecule has 0 aliphatic heterocycles. The van der Waals surface area contributed by atoms with E-state index in [9.17, 15) is 8.78 Å². The minimum absolute atomic E-state index is 0.191. The number of halogens is 2. The Morgan fingerprint density at radius 1 is 0.905 bits per heavy atom. The SMILES string of the molecule is CCC[C@H]1CC[C@H](C23CCC(CC)(CC2)CC3)CC1(F)F. The van der Waals surface area contributed by atoms with Gasteiger partial charge in [0.1, 0.15) is 0 Å². The summed E-state index contributed by atoms with van der Waals surface area (Å²) in [7, 11) is 0. The van der Waals surface area contributed by atoms with Crippen LogP contribution in [0.4, 0.5) is 8.78 Å². The van der Waals surface area contributed by atoms with Crippen molar-refractivity contribution in [2.75, 3.05) is 0 Å². The second-order valence-electron chi connectivity index (χ2n) is 8.44. The normalized spacial score (nSPS) is 45.7. The molecule has 0 aromatic rings. The van der Waals surface area contributed by atoms with Gasteiger partial charge in [0.05, 0.1) is 0 Å². The van der Waals surface area contributed by atoms with Crippen LogP contribution in [-0.2, 0) is 0 Å². The van der Waals surface area contributed by atoms with Crippen LogP contribution in [-0.4, -0.2) is 5.92 Å². The molecular weight excluding hydrogens is 266 g/mol. The Morgan fingerprint density at radius 2 is 1.52 bits per heavy atom. The molecule has 4 aliphatic carbocycles. The Hall–Kier alpha value is -0.140. The standard InChI is InChI=1S/C19H32F2/c1-3-5-15-6-7-16(14-19(15,20)21)18-11-8-17(4-2,9-12-18)10-13-18/h15-16H,3-14H2,1-2H3/t15-,16-,17?,18?/m0/s1. The molecule has 2 bridgehead atoms. The lowest BCUT2D eigenvalue weighted by molar-refractivity contribution is -0.147. The molecule has 0 aromatic heterocycles. The fourth-order valence-electron chi connectivity index (χ4n) is 5.87. The molecule has 2 atom stereocenters. The molecule has 4 rings (SSSR count). The summed E-state index contributed by atoms with van der Waals surface area (Å²) >= 11 is 0. The van der Waals surface area contributed by atoms with E-state index in [0.717, 1.165) is 19.3 Å². The quantitative estimate of drug-likeness (QED) is 0.549. The van der Waals surface area contributed by atoms with Crippen molar-refractivity contribution in [3.8, 4) is 0 Å². The zero-order valence-corrected chi connectivity index (χ0v) is 13.9. The highest BCUT2D eigenvalue weighted by Crippen LogP contribution is 2.64. The van der Waals surface area contributed by atoms with Gasteiger partial charge in [-0.25, -0.2) is 8.78 Å². The number of hydrogen-bond acceptors (Lipinski definition) is 0. The van der Waals surface area contributed by atoms with Crippen LogP contribution in [0.1, 0.15) is 90.9 Å². The monoisotopic (exact) mass is 298 g/mol. The smallest absolute Gasteiger partial charge is 0.207 e. The maximum Gasteiger partial charge on any atom is 0.251 e. The largest absolute Gasteiger partial charge is 0.251 e. The molecule has 0 spiro atoms. The van der Waals surface area contributed by atoms with Gasteiger partial charge in [-0.3, -0.25) is 0 Å². The number of alkyl halides is 2. The maximum atomic E-state index is 14.5. The van der Waals surface area contributed by atoms with Gasteiger partial charge < -0.3 is 0 Å². The van der Waals surface area contributed by atoms with Crippen LogP contribution in [0, 0.1) is 22.7 Å². The number of fused-ring (bicyclic) bond motifs is 3. The van der Waals surface area contributed by atoms with Gasteiger partial charge in [0, 0.05) is 12.3 Å². The van der Waals surface area contributed by atoms with E-state index in [1.807, 2.05) is 6.92 Å². The lowest BCUT2D eigenvalue weighted by atomic mass is 9.47. The van der Waals surface area contributed by atoms with E-state index in [1.165, 1.54) is 44.9 Å². The molecule has 0 saturated heterocycles. The van der Waals surface area contributed by atoms with Crippen LogP contribution in [0.25, 0.3) is 0 Å². The van der Waals surface area contributed by atoms with Crippen LogP contribution in [0.5, 0.6) is 0 Å². The Kier molecular flexibility index (Phi) is 4.12. The average Bonchev–Trinajstić information content (AvgIpc) is 2.51. The maximum absolute atomic E-state index is 14.5. The van der Waals surface area contributed by atoms with Gasteiger partial charge >= 0.3 is 0 Å². The molecule has 0 heterocycles. The Bertz CT molecular complexity index is 349. The first-order valence-corrected chi connectivity index (χ1v) is 9.33. The summed E-state index contributed by atoms with van der Waals surface area (Å²) < 4.78 is 29.0. The minimum atomic E-state index is -2.40. The first kappa shape index (κ1) is 15.7. The molecule has 4 aliphatic rings. The van der Waals surface area contributed by atoms with Gasteiger partial charge in [-0.05, 0) is 74.5 Å². The molecule has 0 N–H and O–H groups in total. The van der Waals surface area contributed by atoms with Crippen molar-refractivity contribution in [3.63, 3.8) is 0 Å². The third-order valence-corrected chi connectivity index (χ3v) is 7.69. The average molecular weight is 298 g/mol. The highest BCUT2D eigenvalue weighted by molar-refractivity contribution is 5.04. The topological polar surface area (TPSA) is 0 Å². The zero-order chi connectivity index (χ0) is 15.1. The van der Waals surface area contributed by atoms with Crippen molar-refractivity contribution < 1.29 is 8.78 Å². The molecule has 0 aromatic carbocycles. The molecule has 122 valence electrons. The molecule has 0 unspecified atom stereocenters. The van der Waals surface area contributed by atoms with Gasteiger partial charge in [0.25, 0.3) is 5.92 Å². The Labute approximate surface area is 129 Å². The zero-order valence-electron chi connectivity index (χ0n) is 13.9. The molecule has 4 fully saturated rings. The lowest BCUT2D eigenvalue weighted by Gasteiger charge is -2.58. The predicted octanol–water partition coefficient (Wildman–Crippen LogP) is 6.59. The fraction of sp³-hybridized carbons (Fsp3) is 1.00. The van der Waals surface area contributed by atoms with Gasteiger partial charge in [0.15, 0.2) is 0 Å². The number of hydrogen-bond donors (Lipinski definition) is 0. The second-order valence-corrected chi connectivity index (χ2v) is 8.44. The highest BCUT2D eigenvalue weighted by Gasteiger charge is 2.55. The second kappa shape index (κ2) is 5.49. The summed E-state index contributed by atoms with van der Waals surface area (Å²) in [6, 6.07) is 0. The van der Waals surface area contributed by atoms with E-state index >= 15 is 0 Å². The van der Waals surface area contributed by atoms with Crippen LogP contribution in [0.2, 0.25) is 0 Å². The molecular formula is C19H32F2. The predicted molar refractivity (Wildman–Crippen MR) is 83.5 cm³/mol. The van der Waals surface area contributed by atoms with Crippen LogP contribution < -0.4 is 0 Å². The van der Waals surface area contributed by atoms with Crippen molar-refractivity contribution in [2.45, 2.75) is 96.8 Å². The van der Waals surface area contributed by atoms with Gasteiger partial charge in [-0.1, -0.05) is 26.7 Å². The summed E-state index contributed by atoms with van der Waals surface area (Å²) in [6.07, 6.45) is 12.6. The van der Waals surface area contributed by atoms with E-state index in [0.29, 0.717) is 17.8 Å². The summed E-state index contributed by atoms with van der Waals surface area (Å²) in [6.45, 7) is 4.36. The van der Waals surface area contributed by atoms with E-state index < -0.39 is 5.92 Å². The fourth-order valence-corrected chi connectivity index (χ4v) is 5.87. The Balaban J connectivity index is 1.69. The summed E-state index contributed by atoms with van der Waals surface area (Å²) in [4.78, 5) is 0. The molecule has 21 heavy (non-hydrogen) atoms. The van der Waals surface area contributed by atoms with E-state index in [2.05, 4.69) is 6.92 Å². The van der Waals surface area contributed by atoms with Gasteiger partial charge in [-0.15, -0.1) is 0 Å². The van der Waals surface area contributed by atoms with Crippen molar-refractivity contribution in [3.05, 3.63) is 0 Å². The van der Waals surface area contributed by atoms with Crippen LogP contribution in [0.15, 0.2) is 0 Å². The van der Waals surface area contributed by atoms with Crippen molar-refractivity contribution in [2.24, 2.45) is 22.7 Å². The molecule has 0 radical (unpaired) electrons. The third-order valence-electron chi connectivity index (χ3n) is 7.69. The van der Waals surface area contributed by atoms with Gasteiger partial charge in [0.2, 0.25) is 0 Å². The van der Waals surface area contributed by atoms with Crippen molar-refractivity contribution in [1.29, 1.82) is 0 Å². The van der Waals surface area contributed by atoms with Crippen LogP contribution >= 0.6 is 0 Å². The highest BCUT2D eigenvalue weighted by atomic mass is 19.3. The molecule has 2 heteroatoms. The van der Waals surface area contributed by atoms with Crippen LogP contribution in [0.3, 0.4) is 0 Å². The van der Waals surface area contributed by atoms with Crippen molar-refractivity contribution in [1.82, 2.24) is 0 Å². The summed E-state index contributed by atoms with van der Waals surface area (Å²) in [5, 5.41) is 0. The summed E-state index contributed by atoms with van der Waals surface area (Å²) in [5.74, 6) is -2.43. The van der Waals surface area contributed by atoms with E-state index in [-0.39, 0.29) is 17.8 Å². The first-order valence-electron chi connectivity index (χ1n) is 9.33. The molecule has 0 amide bonds. The lowest BCUT2D eigenvalue weighted by Crippen LogP contribution is -2.49. The molecule has 0 nitrogen and oxygen atoms in total. The minimum Gasteiger partial charge on any atom is -0.207 e. The number of rotatable bonds is 4. The third kappa shape index (κ3) is 2.65.